The van der Waals surface area contributed by atoms with Crippen LogP contribution < -0.4 is 0 Å². The lowest BCUT2D eigenvalue weighted by molar-refractivity contribution is 0.238. The van der Waals surface area contributed by atoms with Gasteiger partial charge in [-0.05, 0) is 25.3 Å². The molecule has 0 amide bonds. The van der Waals surface area contributed by atoms with Crippen molar-refractivity contribution in [3.05, 3.63) is 47.0 Å². The second-order valence-corrected chi connectivity index (χ2v) is 6.70. The van der Waals surface area contributed by atoms with E-state index in [1.807, 2.05) is 12.3 Å². The van der Waals surface area contributed by atoms with Crippen LogP contribution >= 0.6 is 0 Å². The molecule has 2 aromatic rings. The van der Waals surface area contributed by atoms with Crippen molar-refractivity contribution < 1.29 is 10.2 Å². The fraction of sp³-hybridized carbons (Fsp3) is 0.421. The molecular weight excluding hydrogens is 316 g/mol. The summed E-state index contributed by atoms with van der Waals surface area (Å²) in [4.78, 5) is 16.1. The van der Waals surface area contributed by atoms with Crippen LogP contribution in [0.4, 0.5) is 0 Å². The molecule has 0 atom stereocenters. The highest BCUT2D eigenvalue weighted by Crippen LogP contribution is 2.30. The minimum atomic E-state index is -0.0730. The summed E-state index contributed by atoms with van der Waals surface area (Å²) in [5, 5.41) is 19.6. The molecule has 0 fully saturated rings. The Morgan fingerprint density at radius 1 is 1.12 bits per heavy atom. The third-order valence-electron chi connectivity index (χ3n) is 4.89. The Balaban J connectivity index is 1.50. The number of benzene rings is 1. The molecule has 2 aliphatic heterocycles. The van der Waals surface area contributed by atoms with E-state index >= 15 is 0 Å². The summed E-state index contributed by atoms with van der Waals surface area (Å²) in [5.41, 5.74) is 4.01. The molecule has 0 spiro atoms. The summed E-state index contributed by atoms with van der Waals surface area (Å²) in [6.45, 7) is 3.09. The maximum atomic E-state index is 9.99. The third kappa shape index (κ3) is 3.35. The molecular formula is C19H22N4O2. The van der Waals surface area contributed by atoms with Crippen molar-refractivity contribution in [1.82, 2.24) is 14.9 Å². The molecule has 2 aliphatic rings. The van der Waals surface area contributed by atoms with Gasteiger partial charge in [-0.3, -0.25) is 9.89 Å². The van der Waals surface area contributed by atoms with E-state index < -0.39 is 0 Å². The molecule has 0 bridgehead atoms. The zero-order valence-electron chi connectivity index (χ0n) is 14.1. The molecule has 1 aromatic heterocycles. The van der Waals surface area contributed by atoms with Crippen LogP contribution in [0.3, 0.4) is 0 Å². The molecule has 2 N–H and O–H groups in total. The van der Waals surface area contributed by atoms with Crippen molar-refractivity contribution in [3.8, 4) is 11.5 Å². The number of hydrogen-bond acceptors (Lipinski definition) is 6. The van der Waals surface area contributed by atoms with E-state index in [-0.39, 0.29) is 11.5 Å². The lowest BCUT2D eigenvalue weighted by atomic mass is 10.0. The lowest BCUT2D eigenvalue weighted by Gasteiger charge is -2.28. The van der Waals surface area contributed by atoms with Crippen molar-refractivity contribution >= 4 is 5.71 Å². The number of aromatic nitrogens is 2. The van der Waals surface area contributed by atoms with E-state index in [2.05, 4.69) is 14.9 Å². The van der Waals surface area contributed by atoms with Gasteiger partial charge in [0.25, 0.3) is 0 Å². The number of phenols is 2. The van der Waals surface area contributed by atoms with Gasteiger partial charge in [0.2, 0.25) is 0 Å². The van der Waals surface area contributed by atoms with Gasteiger partial charge in [-0.1, -0.05) is 12.1 Å². The topological polar surface area (TPSA) is 81.8 Å². The van der Waals surface area contributed by atoms with Gasteiger partial charge in [-0.15, -0.1) is 0 Å². The molecule has 6 nitrogen and oxygen atoms in total. The summed E-state index contributed by atoms with van der Waals surface area (Å²) < 4.78 is 0. The number of aliphatic imine (C=N–C) groups is 1. The van der Waals surface area contributed by atoms with E-state index in [4.69, 9.17) is 4.98 Å². The molecule has 0 saturated carbocycles. The lowest BCUT2D eigenvalue weighted by Crippen LogP contribution is -2.31. The Morgan fingerprint density at radius 3 is 2.88 bits per heavy atom. The number of hydrogen-bond donors (Lipinski definition) is 2. The Bertz CT molecular complexity index is 819. The van der Waals surface area contributed by atoms with Gasteiger partial charge >= 0.3 is 0 Å². The molecule has 6 heteroatoms. The standard InChI is InChI=1S/C19H22N4O2/c24-17-6-3-4-13(18(17)25)11-23-9-7-15-14(12-23)10-21-19(22-15)16-5-1-2-8-20-16/h3-4,6,10,24-25H,1-2,5,7-9,11-12H2. The van der Waals surface area contributed by atoms with Crippen molar-refractivity contribution in [1.29, 1.82) is 0 Å². The monoisotopic (exact) mass is 338 g/mol. The van der Waals surface area contributed by atoms with Crippen molar-refractivity contribution in [2.75, 3.05) is 13.1 Å². The summed E-state index contributed by atoms with van der Waals surface area (Å²) in [7, 11) is 0. The molecule has 25 heavy (non-hydrogen) atoms. The smallest absolute Gasteiger partial charge is 0.173 e. The number of phenolic OH excluding ortho intramolecular Hbond substituents is 2. The van der Waals surface area contributed by atoms with Gasteiger partial charge in [0, 0.05) is 49.9 Å². The van der Waals surface area contributed by atoms with Crippen LogP contribution in [0.15, 0.2) is 29.4 Å². The van der Waals surface area contributed by atoms with Gasteiger partial charge < -0.3 is 10.2 Å². The first-order valence-electron chi connectivity index (χ1n) is 8.81. The van der Waals surface area contributed by atoms with Crippen molar-refractivity contribution in [2.45, 2.75) is 38.8 Å². The molecule has 130 valence electrons. The highest BCUT2D eigenvalue weighted by atomic mass is 16.3. The van der Waals surface area contributed by atoms with Crippen LogP contribution in [0.5, 0.6) is 11.5 Å². The van der Waals surface area contributed by atoms with Crippen LogP contribution in [0.1, 0.15) is 41.9 Å². The van der Waals surface area contributed by atoms with Gasteiger partial charge in [0.05, 0.1) is 11.4 Å². The highest BCUT2D eigenvalue weighted by Gasteiger charge is 2.21. The molecule has 0 saturated heterocycles. The average molecular weight is 338 g/mol. The fourth-order valence-corrected chi connectivity index (χ4v) is 3.47. The Labute approximate surface area is 146 Å². The van der Waals surface area contributed by atoms with Crippen LogP contribution in [-0.4, -0.2) is 43.9 Å². The van der Waals surface area contributed by atoms with Crippen LogP contribution in [0, 0.1) is 0 Å². The number of nitrogens with zero attached hydrogens (tertiary/aromatic N) is 4. The first-order chi connectivity index (χ1) is 12.2. The average Bonchev–Trinajstić information content (AvgIpc) is 2.66. The minimum Gasteiger partial charge on any atom is -0.504 e. The van der Waals surface area contributed by atoms with Crippen molar-refractivity contribution in [3.63, 3.8) is 0 Å². The predicted octanol–water partition coefficient (Wildman–Crippen LogP) is 2.42. The number of para-hydroxylation sites is 1. The second-order valence-electron chi connectivity index (χ2n) is 6.70. The maximum Gasteiger partial charge on any atom is 0.173 e. The fourth-order valence-electron chi connectivity index (χ4n) is 3.47. The van der Waals surface area contributed by atoms with Gasteiger partial charge in [0.15, 0.2) is 17.3 Å². The first kappa shape index (κ1) is 16.0. The molecule has 0 aliphatic carbocycles. The number of fused-ring (bicyclic) bond motifs is 1. The van der Waals surface area contributed by atoms with Crippen LogP contribution in [0.2, 0.25) is 0 Å². The Morgan fingerprint density at radius 2 is 2.04 bits per heavy atom. The van der Waals surface area contributed by atoms with Gasteiger partial charge in [0.1, 0.15) is 0 Å². The highest BCUT2D eigenvalue weighted by molar-refractivity contribution is 5.97. The largest absolute Gasteiger partial charge is 0.504 e. The summed E-state index contributed by atoms with van der Waals surface area (Å²) in [6.07, 6.45) is 6.08. The van der Waals surface area contributed by atoms with Crippen molar-refractivity contribution in [2.24, 2.45) is 4.99 Å². The first-order valence-corrected chi connectivity index (χ1v) is 8.81. The Kier molecular flexibility index (Phi) is 4.36. The SMILES string of the molecule is Oc1cccc(CN2CCc3nc(C4=NCCCC4)ncc3C2)c1O. The van der Waals surface area contributed by atoms with E-state index in [1.165, 1.54) is 12.5 Å². The molecule has 4 rings (SSSR count). The zero-order valence-corrected chi connectivity index (χ0v) is 14.1. The molecule has 1 aromatic carbocycles. The van der Waals surface area contributed by atoms with Gasteiger partial charge in [-0.25, -0.2) is 9.97 Å². The summed E-state index contributed by atoms with van der Waals surface area (Å²) in [5.74, 6) is 0.684. The van der Waals surface area contributed by atoms with E-state index in [9.17, 15) is 10.2 Å². The number of aromatic hydroxyl groups is 2. The van der Waals surface area contributed by atoms with Gasteiger partial charge in [-0.2, -0.15) is 0 Å². The third-order valence-corrected chi connectivity index (χ3v) is 4.89. The molecule has 3 heterocycles. The van der Waals surface area contributed by atoms with E-state index in [1.54, 1.807) is 6.07 Å². The van der Waals surface area contributed by atoms with Crippen LogP contribution in [0.25, 0.3) is 0 Å². The summed E-state index contributed by atoms with van der Waals surface area (Å²) in [6, 6.07) is 5.08. The molecule has 0 unspecified atom stereocenters. The molecule has 0 radical (unpaired) electrons. The number of rotatable bonds is 3. The second kappa shape index (κ2) is 6.80. The Hall–Kier alpha value is -2.47. The van der Waals surface area contributed by atoms with Crippen LogP contribution in [-0.2, 0) is 19.5 Å². The predicted molar refractivity (Wildman–Crippen MR) is 94.9 cm³/mol. The maximum absolute atomic E-state index is 9.99. The zero-order chi connectivity index (χ0) is 17.2. The van der Waals surface area contributed by atoms with E-state index in [0.717, 1.165) is 67.3 Å². The summed E-state index contributed by atoms with van der Waals surface area (Å²) >= 11 is 0. The quantitative estimate of drug-likeness (QED) is 0.840. The van der Waals surface area contributed by atoms with E-state index in [0.29, 0.717) is 6.54 Å². The normalized spacial score (nSPS) is 17.8. The minimum absolute atomic E-state index is 0.0322.